The van der Waals surface area contributed by atoms with Gasteiger partial charge >= 0.3 is 5.97 Å². The molecule has 0 unspecified atom stereocenters. The molecule has 0 bridgehead atoms. The number of methoxy groups -OCH3 is 1. The number of rotatable bonds is 7. The number of hydrogen-bond donors (Lipinski definition) is 3. The number of hydrogen-bond acceptors (Lipinski definition) is 5. The number of Topliss-reactive ketones (excluding diaryl/α,β-unsaturated/α-hetero) is 1. The molecule has 1 aliphatic rings. The Morgan fingerprint density at radius 3 is 2.53 bits per heavy atom. The molecular weight excluding hydrogens is 428 g/mol. The van der Waals surface area contributed by atoms with E-state index in [0.29, 0.717) is 27.0 Å². The van der Waals surface area contributed by atoms with E-state index in [-0.39, 0.29) is 17.3 Å². The zero-order chi connectivity index (χ0) is 21.8. The van der Waals surface area contributed by atoms with Crippen LogP contribution in [0.1, 0.15) is 24.1 Å². The van der Waals surface area contributed by atoms with Gasteiger partial charge in [-0.3, -0.25) is 4.79 Å². The van der Waals surface area contributed by atoms with Crippen molar-refractivity contribution < 1.29 is 24.2 Å². The Kier molecular flexibility index (Phi) is 6.59. The largest absolute Gasteiger partial charge is 0.493 e. The maximum atomic E-state index is 12.7. The van der Waals surface area contributed by atoms with Gasteiger partial charge in [-0.25, -0.2) is 4.79 Å². The van der Waals surface area contributed by atoms with Crippen molar-refractivity contribution in [2.75, 3.05) is 13.7 Å². The molecule has 30 heavy (non-hydrogen) atoms. The van der Waals surface area contributed by atoms with E-state index in [1.165, 1.54) is 20.1 Å². The van der Waals surface area contributed by atoms with Crippen LogP contribution >= 0.6 is 23.8 Å². The van der Waals surface area contributed by atoms with Crippen molar-refractivity contribution in [2.24, 2.45) is 0 Å². The molecule has 1 aliphatic heterocycles. The average molecular weight is 447 g/mol. The lowest BCUT2D eigenvalue weighted by Gasteiger charge is -2.32. The third-order valence-corrected chi connectivity index (χ3v) is 4.87. The minimum absolute atomic E-state index is 0.165. The Hall–Kier alpha value is -3.10. The lowest BCUT2D eigenvalue weighted by Crippen LogP contribution is -2.44. The van der Waals surface area contributed by atoms with Gasteiger partial charge in [-0.1, -0.05) is 41.9 Å². The number of ether oxygens (including phenoxy) is 2. The summed E-state index contributed by atoms with van der Waals surface area (Å²) in [6, 6.07) is 11.7. The summed E-state index contributed by atoms with van der Waals surface area (Å²) in [6.45, 7) is 0.855. The van der Waals surface area contributed by atoms with Crippen molar-refractivity contribution in [3.05, 3.63) is 64.2 Å². The summed E-state index contributed by atoms with van der Waals surface area (Å²) in [7, 11) is 1.42. The first kappa shape index (κ1) is 21.6. The van der Waals surface area contributed by atoms with E-state index >= 15 is 0 Å². The summed E-state index contributed by atoms with van der Waals surface area (Å²) < 4.78 is 10.9. The van der Waals surface area contributed by atoms with Crippen LogP contribution in [0.15, 0.2) is 48.0 Å². The molecule has 0 radical (unpaired) electrons. The fraction of sp³-hybridized carbons (Fsp3) is 0.190. The highest BCUT2D eigenvalue weighted by molar-refractivity contribution is 7.80. The highest BCUT2D eigenvalue weighted by Crippen LogP contribution is 2.42. The predicted molar refractivity (Wildman–Crippen MR) is 117 cm³/mol. The van der Waals surface area contributed by atoms with Gasteiger partial charge in [-0.2, -0.15) is 0 Å². The molecule has 0 spiro atoms. The minimum atomic E-state index is -1.15. The van der Waals surface area contributed by atoms with Gasteiger partial charge in [-0.05, 0) is 30.8 Å². The molecule has 3 rings (SSSR count). The summed E-state index contributed by atoms with van der Waals surface area (Å²) in [5.74, 6) is -0.949. The second-order valence-corrected chi connectivity index (χ2v) is 7.30. The van der Waals surface area contributed by atoms with Crippen LogP contribution in [0.5, 0.6) is 11.5 Å². The van der Waals surface area contributed by atoms with Crippen molar-refractivity contribution >= 4 is 46.4 Å². The van der Waals surface area contributed by atoms with E-state index in [0.717, 1.165) is 5.56 Å². The number of aliphatic carboxylic acids is 1. The average Bonchev–Trinajstić information content (AvgIpc) is 2.71. The minimum Gasteiger partial charge on any atom is -0.493 e. The molecule has 1 atom stereocenters. The van der Waals surface area contributed by atoms with Crippen LogP contribution in [0.4, 0.5) is 0 Å². The summed E-state index contributed by atoms with van der Waals surface area (Å²) in [5.41, 5.74) is 2.17. The standard InChI is InChI=1S/C21H19ClN2O5S/c1-11(25)17-18(12-6-4-3-5-7-12)23-21(30)24-19(17)14-8-13(22)9-15(28-2)20(14)29-10-16(26)27/h3-9,19H,10H2,1-2H3,(H,26,27)(H2,23,24,30)/t19-/m1/s1. The van der Waals surface area contributed by atoms with Crippen molar-refractivity contribution in [1.82, 2.24) is 10.6 Å². The molecule has 9 heteroatoms. The lowest BCUT2D eigenvalue weighted by molar-refractivity contribution is -0.139. The first-order valence-corrected chi connectivity index (χ1v) is 9.70. The quantitative estimate of drug-likeness (QED) is 0.557. The molecule has 3 N–H and O–H groups in total. The number of ketones is 1. The third-order valence-electron chi connectivity index (χ3n) is 4.43. The van der Waals surface area contributed by atoms with E-state index in [2.05, 4.69) is 10.6 Å². The van der Waals surface area contributed by atoms with Crippen molar-refractivity contribution in [3.8, 4) is 11.5 Å². The van der Waals surface area contributed by atoms with Crippen molar-refractivity contribution in [2.45, 2.75) is 13.0 Å². The maximum absolute atomic E-state index is 12.7. The predicted octanol–water partition coefficient (Wildman–Crippen LogP) is 3.33. The summed E-state index contributed by atoms with van der Waals surface area (Å²) in [4.78, 5) is 23.8. The molecule has 0 amide bonds. The number of nitrogens with one attached hydrogen (secondary N) is 2. The molecule has 7 nitrogen and oxygen atoms in total. The highest BCUT2D eigenvalue weighted by Gasteiger charge is 2.33. The number of carboxylic acid groups (broad SMARTS) is 1. The number of carbonyl (C=O) groups excluding carboxylic acids is 1. The summed E-state index contributed by atoms with van der Waals surface area (Å²) in [5, 5.41) is 15.8. The molecule has 2 aromatic rings. The van der Waals surface area contributed by atoms with Crippen molar-refractivity contribution in [3.63, 3.8) is 0 Å². The fourth-order valence-corrected chi connectivity index (χ4v) is 3.69. The Morgan fingerprint density at radius 2 is 1.93 bits per heavy atom. The van der Waals surface area contributed by atoms with Gasteiger partial charge in [0.1, 0.15) is 0 Å². The van der Waals surface area contributed by atoms with E-state index < -0.39 is 18.6 Å². The number of halogens is 1. The zero-order valence-electron chi connectivity index (χ0n) is 16.2. The topological polar surface area (TPSA) is 96.9 Å². The summed E-state index contributed by atoms with van der Waals surface area (Å²) >= 11 is 11.6. The molecule has 2 aromatic carbocycles. The number of carboxylic acids is 1. The maximum Gasteiger partial charge on any atom is 0.341 e. The van der Waals surface area contributed by atoms with Crippen LogP contribution in [-0.2, 0) is 9.59 Å². The van der Waals surface area contributed by atoms with Gasteiger partial charge < -0.3 is 25.2 Å². The first-order chi connectivity index (χ1) is 14.3. The van der Waals surface area contributed by atoms with Gasteiger partial charge in [0, 0.05) is 22.2 Å². The molecule has 0 aliphatic carbocycles. The van der Waals surface area contributed by atoms with Crippen LogP contribution in [0.25, 0.3) is 5.70 Å². The first-order valence-electron chi connectivity index (χ1n) is 8.92. The normalized spacial score (nSPS) is 15.8. The highest BCUT2D eigenvalue weighted by atomic mass is 35.5. The van der Waals surface area contributed by atoms with Crippen LogP contribution < -0.4 is 20.1 Å². The van der Waals surface area contributed by atoms with Crippen LogP contribution in [0.3, 0.4) is 0 Å². The zero-order valence-corrected chi connectivity index (χ0v) is 17.8. The van der Waals surface area contributed by atoms with Crippen LogP contribution in [0.2, 0.25) is 5.02 Å². The Bertz CT molecular complexity index is 1040. The lowest BCUT2D eigenvalue weighted by atomic mass is 9.90. The Balaban J connectivity index is 2.24. The number of benzene rings is 2. The smallest absolute Gasteiger partial charge is 0.341 e. The second-order valence-electron chi connectivity index (χ2n) is 6.45. The molecule has 156 valence electrons. The van der Waals surface area contributed by atoms with Crippen LogP contribution in [-0.4, -0.2) is 35.7 Å². The molecule has 0 aromatic heterocycles. The second kappa shape index (κ2) is 9.15. The molecule has 0 saturated carbocycles. The fourth-order valence-electron chi connectivity index (χ4n) is 3.25. The van der Waals surface area contributed by atoms with E-state index in [9.17, 15) is 9.59 Å². The van der Waals surface area contributed by atoms with E-state index in [1.807, 2.05) is 30.3 Å². The van der Waals surface area contributed by atoms with Gasteiger partial charge in [0.2, 0.25) is 0 Å². The molecular formula is C21H19ClN2O5S. The molecule has 0 saturated heterocycles. The Morgan fingerprint density at radius 1 is 1.23 bits per heavy atom. The van der Waals surface area contributed by atoms with Crippen LogP contribution in [0, 0.1) is 0 Å². The number of carbonyl (C=O) groups is 2. The van der Waals surface area contributed by atoms with Gasteiger partial charge in [0.15, 0.2) is 29.0 Å². The summed E-state index contributed by atoms with van der Waals surface area (Å²) in [6.07, 6.45) is 0. The van der Waals surface area contributed by atoms with E-state index in [4.69, 9.17) is 38.4 Å². The Labute approximate surface area is 183 Å². The van der Waals surface area contributed by atoms with Gasteiger partial charge in [0.05, 0.1) is 18.8 Å². The number of thiocarbonyl (C=S) groups is 1. The third kappa shape index (κ3) is 4.55. The SMILES string of the molecule is COc1cc(Cl)cc([C@H]2NC(=S)NC(c3ccccc3)=C2C(C)=O)c1OCC(=O)O. The monoisotopic (exact) mass is 446 g/mol. The van der Waals surface area contributed by atoms with Crippen molar-refractivity contribution in [1.29, 1.82) is 0 Å². The molecule has 0 fully saturated rings. The molecule has 1 heterocycles. The van der Waals surface area contributed by atoms with Gasteiger partial charge in [-0.15, -0.1) is 0 Å². The van der Waals surface area contributed by atoms with E-state index in [1.54, 1.807) is 6.07 Å². The van der Waals surface area contributed by atoms with Gasteiger partial charge in [0.25, 0.3) is 0 Å².